The van der Waals surface area contributed by atoms with E-state index in [1.54, 1.807) is 0 Å². The van der Waals surface area contributed by atoms with Crippen LogP contribution in [0.4, 0.5) is 0 Å². The molecule has 1 aliphatic carbocycles. The molecule has 0 aromatic heterocycles. The normalized spacial score (nSPS) is 39.5. The predicted octanol–water partition coefficient (Wildman–Crippen LogP) is 2.14. The lowest BCUT2D eigenvalue weighted by Crippen LogP contribution is -2.43. The fourth-order valence-corrected chi connectivity index (χ4v) is 3.58. The van der Waals surface area contributed by atoms with E-state index in [-0.39, 0.29) is 0 Å². The molecule has 0 radical (unpaired) electrons. The topological polar surface area (TPSA) is 35.5 Å². The molecule has 3 nitrogen and oxygen atoms in total. The van der Waals surface area contributed by atoms with Gasteiger partial charge < -0.3 is 15.3 Å². The minimum Gasteiger partial charge on any atom is -0.390 e. The molecule has 0 bridgehead atoms. The van der Waals surface area contributed by atoms with Gasteiger partial charge >= 0.3 is 0 Å². The third-order valence-corrected chi connectivity index (χ3v) is 4.80. The summed E-state index contributed by atoms with van der Waals surface area (Å²) in [4.78, 5) is 2.64. The predicted molar refractivity (Wildman–Crippen MR) is 75.8 cm³/mol. The second-order valence-corrected chi connectivity index (χ2v) is 6.45. The van der Waals surface area contributed by atoms with Crippen molar-refractivity contribution in [2.24, 2.45) is 0 Å². The van der Waals surface area contributed by atoms with Gasteiger partial charge in [0.05, 0.1) is 5.60 Å². The zero-order chi connectivity index (χ0) is 13.0. The molecule has 106 valence electrons. The summed E-state index contributed by atoms with van der Waals surface area (Å²) in [6, 6.07) is 1.52. The molecule has 1 aliphatic heterocycles. The highest BCUT2D eigenvalue weighted by atomic mass is 16.3. The quantitative estimate of drug-likeness (QED) is 0.810. The molecule has 2 fully saturated rings. The molecule has 1 saturated carbocycles. The van der Waals surface area contributed by atoms with Crippen molar-refractivity contribution in [3.05, 3.63) is 0 Å². The summed E-state index contributed by atoms with van der Waals surface area (Å²) < 4.78 is 0. The van der Waals surface area contributed by atoms with E-state index in [0.717, 1.165) is 44.4 Å². The maximum Gasteiger partial charge on any atom is 0.0632 e. The third-order valence-electron chi connectivity index (χ3n) is 4.80. The van der Waals surface area contributed by atoms with Gasteiger partial charge in [-0.2, -0.15) is 0 Å². The molecule has 0 aromatic rings. The molecule has 2 rings (SSSR count). The molecule has 1 atom stereocenters. The molecule has 0 spiro atoms. The third kappa shape index (κ3) is 3.94. The maximum atomic E-state index is 10.1. The van der Waals surface area contributed by atoms with Crippen molar-refractivity contribution in [3.63, 3.8) is 0 Å². The molecule has 2 aliphatic rings. The van der Waals surface area contributed by atoms with Crippen molar-refractivity contribution in [2.75, 3.05) is 19.6 Å². The zero-order valence-corrected chi connectivity index (χ0v) is 12.1. The van der Waals surface area contributed by atoms with Crippen LogP contribution in [0.3, 0.4) is 0 Å². The fraction of sp³-hybridized carbons (Fsp3) is 1.00. The van der Waals surface area contributed by atoms with Crippen LogP contribution in [0.25, 0.3) is 0 Å². The van der Waals surface area contributed by atoms with Gasteiger partial charge in [0, 0.05) is 18.6 Å². The van der Waals surface area contributed by atoms with Crippen LogP contribution in [0.15, 0.2) is 0 Å². The Morgan fingerprint density at radius 2 is 1.89 bits per heavy atom. The molecular formula is C15H30N2O. The first-order valence-electron chi connectivity index (χ1n) is 7.80. The Hall–Kier alpha value is -0.120. The van der Waals surface area contributed by atoms with Gasteiger partial charge in [-0.25, -0.2) is 0 Å². The lowest BCUT2D eigenvalue weighted by atomic mass is 9.90. The second-order valence-electron chi connectivity index (χ2n) is 6.45. The Morgan fingerprint density at radius 3 is 2.56 bits per heavy atom. The van der Waals surface area contributed by atoms with E-state index >= 15 is 0 Å². The molecule has 2 N–H and O–H groups in total. The summed E-state index contributed by atoms with van der Waals surface area (Å²) in [5.41, 5.74) is -0.421. The van der Waals surface area contributed by atoms with Gasteiger partial charge in [0.1, 0.15) is 0 Å². The fourth-order valence-electron chi connectivity index (χ4n) is 3.58. The number of nitrogens with zero attached hydrogens (tertiary/aromatic N) is 1. The number of hydrogen-bond acceptors (Lipinski definition) is 3. The Bertz CT molecular complexity index is 247. The Morgan fingerprint density at radius 1 is 1.17 bits per heavy atom. The summed E-state index contributed by atoms with van der Waals surface area (Å²) in [5.74, 6) is 0. The first kappa shape index (κ1) is 14.3. The van der Waals surface area contributed by atoms with Crippen LogP contribution >= 0.6 is 0 Å². The minimum atomic E-state index is -0.421. The smallest absolute Gasteiger partial charge is 0.0632 e. The van der Waals surface area contributed by atoms with Crippen LogP contribution in [0.5, 0.6) is 0 Å². The molecule has 0 aromatic carbocycles. The number of likely N-dealkylation sites (tertiary alicyclic amines) is 1. The van der Waals surface area contributed by atoms with Crippen LogP contribution in [0, 0.1) is 0 Å². The number of hydrogen-bond donors (Lipinski definition) is 2. The summed E-state index contributed by atoms with van der Waals surface area (Å²) >= 11 is 0. The van der Waals surface area contributed by atoms with Gasteiger partial charge in [-0.3, -0.25) is 0 Å². The van der Waals surface area contributed by atoms with Gasteiger partial charge in [0.15, 0.2) is 0 Å². The van der Waals surface area contributed by atoms with Gasteiger partial charge in [0.25, 0.3) is 0 Å². The first-order valence-corrected chi connectivity index (χ1v) is 7.80. The van der Waals surface area contributed by atoms with Crippen LogP contribution in [-0.2, 0) is 0 Å². The number of nitrogens with one attached hydrogen (secondary N) is 1. The zero-order valence-electron chi connectivity index (χ0n) is 12.1. The maximum absolute atomic E-state index is 10.1. The highest BCUT2D eigenvalue weighted by Crippen LogP contribution is 2.28. The highest BCUT2D eigenvalue weighted by Gasteiger charge is 2.30. The molecule has 18 heavy (non-hydrogen) atoms. The van der Waals surface area contributed by atoms with E-state index < -0.39 is 5.60 Å². The first-order chi connectivity index (χ1) is 8.61. The Kier molecular flexibility index (Phi) is 5.05. The largest absolute Gasteiger partial charge is 0.390 e. The molecule has 1 heterocycles. The number of aliphatic hydroxyl groups is 1. The van der Waals surface area contributed by atoms with Gasteiger partial charge in [-0.05, 0) is 65.0 Å². The monoisotopic (exact) mass is 254 g/mol. The van der Waals surface area contributed by atoms with Crippen molar-refractivity contribution in [1.29, 1.82) is 0 Å². The lowest BCUT2D eigenvalue weighted by molar-refractivity contribution is 0.0416. The molecule has 1 unspecified atom stereocenters. The average molecular weight is 254 g/mol. The Labute approximate surface area is 112 Å². The molecule has 3 heteroatoms. The summed E-state index contributed by atoms with van der Waals surface area (Å²) in [6.45, 7) is 7.57. The SMILES string of the molecule is CCNC1CCC(N2CCCC(C)(O)CC2)CC1. The van der Waals surface area contributed by atoms with Gasteiger partial charge in [0.2, 0.25) is 0 Å². The standard InChI is InChI=1S/C15H30N2O/c1-3-16-13-5-7-14(8-6-13)17-11-4-9-15(2,18)10-12-17/h13-14,16,18H,3-12H2,1-2H3. The van der Waals surface area contributed by atoms with Gasteiger partial charge in [-0.15, -0.1) is 0 Å². The Balaban J connectivity index is 1.79. The van der Waals surface area contributed by atoms with E-state index in [2.05, 4.69) is 17.1 Å². The highest BCUT2D eigenvalue weighted by molar-refractivity contribution is 4.86. The van der Waals surface area contributed by atoms with Crippen molar-refractivity contribution >= 4 is 0 Å². The molecule has 1 saturated heterocycles. The van der Waals surface area contributed by atoms with E-state index in [1.807, 2.05) is 6.92 Å². The number of rotatable bonds is 3. The second kappa shape index (κ2) is 6.36. The summed E-state index contributed by atoms with van der Waals surface area (Å²) in [7, 11) is 0. The lowest BCUT2D eigenvalue weighted by Gasteiger charge is -2.36. The van der Waals surface area contributed by atoms with Crippen molar-refractivity contribution in [1.82, 2.24) is 10.2 Å². The molecular weight excluding hydrogens is 224 g/mol. The minimum absolute atomic E-state index is 0.421. The van der Waals surface area contributed by atoms with Gasteiger partial charge in [-0.1, -0.05) is 6.92 Å². The van der Waals surface area contributed by atoms with Crippen molar-refractivity contribution < 1.29 is 5.11 Å². The van der Waals surface area contributed by atoms with Crippen molar-refractivity contribution in [2.45, 2.75) is 76.5 Å². The molecule has 0 amide bonds. The summed E-state index contributed by atoms with van der Waals surface area (Å²) in [6.07, 6.45) is 8.38. The van der Waals surface area contributed by atoms with E-state index in [1.165, 1.54) is 32.2 Å². The van der Waals surface area contributed by atoms with Crippen LogP contribution in [0.2, 0.25) is 0 Å². The van der Waals surface area contributed by atoms with Crippen molar-refractivity contribution in [3.8, 4) is 0 Å². The van der Waals surface area contributed by atoms with Crippen LogP contribution in [-0.4, -0.2) is 47.3 Å². The van der Waals surface area contributed by atoms with E-state index in [0.29, 0.717) is 0 Å². The summed E-state index contributed by atoms with van der Waals surface area (Å²) in [5, 5.41) is 13.7. The average Bonchev–Trinajstić information content (AvgIpc) is 2.52. The van der Waals surface area contributed by atoms with Crippen LogP contribution in [0.1, 0.15) is 58.8 Å². The van der Waals surface area contributed by atoms with E-state index in [4.69, 9.17) is 0 Å². The van der Waals surface area contributed by atoms with E-state index in [9.17, 15) is 5.11 Å². The van der Waals surface area contributed by atoms with Crippen LogP contribution < -0.4 is 5.32 Å².